The Bertz CT molecular complexity index is 477. The molecule has 0 spiro atoms. The first kappa shape index (κ1) is 12.2. The maximum Gasteiger partial charge on any atom is 0.228 e. The molecule has 1 aliphatic heterocycles. The summed E-state index contributed by atoms with van der Waals surface area (Å²) in [4.78, 5) is 14.0. The third kappa shape index (κ3) is 1.87. The van der Waals surface area contributed by atoms with Crippen LogP contribution in [0.2, 0.25) is 0 Å². The molecule has 1 amide bonds. The number of alkyl halides is 2. The van der Waals surface area contributed by atoms with Gasteiger partial charge in [0.15, 0.2) is 5.82 Å². The topological polar surface area (TPSA) is 74.8 Å². The molecule has 3 rings (SSSR count). The third-order valence-corrected chi connectivity index (χ3v) is 4.63. The summed E-state index contributed by atoms with van der Waals surface area (Å²) in [5, 5.41) is 14.0. The van der Waals surface area contributed by atoms with Gasteiger partial charge >= 0.3 is 0 Å². The number of hydrogen-bond donors (Lipinski definition) is 1. The molecule has 1 aromatic heterocycles. The fourth-order valence-electron chi connectivity index (χ4n) is 2.45. The Morgan fingerprint density at radius 1 is 1.56 bits per heavy atom. The van der Waals surface area contributed by atoms with Crippen molar-refractivity contribution < 1.29 is 4.79 Å². The molecule has 1 saturated carbocycles. The summed E-state index contributed by atoms with van der Waals surface area (Å²) in [6.07, 6.45) is 1.37. The summed E-state index contributed by atoms with van der Waals surface area (Å²) in [6.45, 7) is 3.31. The smallest absolute Gasteiger partial charge is 0.228 e. The molecule has 0 radical (unpaired) electrons. The van der Waals surface area contributed by atoms with Crippen LogP contribution in [0, 0.1) is 5.92 Å². The van der Waals surface area contributed by atoms with Crippen LogP contribution in [0.15, 0.2) is 0 Å². The number of rotatable bonds is 2. The predicted molar refractivity (Wildman–Crippen MR) is 65.3 cm³/mol. The van der Waals surface area contributed by atoms with Gasteiger partial charge in [-0.15, -0.1) is 33.4 Å². The molecule has 1 N–H and O–H groups in total. The molecule has 98 valence electrons. The van der Waals surface area contributed by atoms with Crippen LogP contribution in [0.25, 0.3) is 0 Å². The van der Waals surface area contributed by atoms with E-state index in [0.29, 0.717) is 25.3 Å². The van der Waals surface area contributed by atoms with Gasteiger partial charge in [-0.1, -0.05) is 12.1 Å². The molecule has 18 heavy (non-hydrogen) atoms. The van der Waals surface area contributed by atoms with Crippen LogP contribution < -0.4 is 0 Å². The third-order valence-electron chi connectivity index (χ3n) is 3.79. The fraction of sp³-hybridized carbons (Fsp3) is 0.800. The minimum atomic E-state index is -0.859. The highest BCUT2D eigenvalue weighted by Gasteiger charge is 2.58. The molecule has 2 atom stereocenters. The largest absolute Gasteiger partial charge is 0.341 e. The first-order chi connectivity index (χ1) is 8.42. The Morgan fingerprint density at radius 3 is 2.83 bits per heavy atom. The maximum atomic E-state index is 12.2. The average molecular weight is 290 g/mol. The number of aromatic amines is 1. The number of aromatic nitrogens is 4. The van der Waals surface area contributed by atoms with Crippen LogP contribution in [0.1, 0.15) is 25.6 Å². The van der Waals surface area contributed by atoms with E-state index in [0.717, 1.165) is 6.42 Å². The van der Waals surface area contributed by atoms with Crippen molar-refractivity contribution >= 4 is 29.1 Å². The lowest BCUT2D eigenvalue weighted by atomic mass is 9.89. The number of halogens is 2. The number of likely N-dealkylation sites (tertiary alicyclic amines) is 1. The molecular formula is C10H13Cl2N5O. The molecule has 2 unspecified atom stereocenters. The van der Waals surface area contributed by atoms with Crippen LogP contribution in [0.4, 0.5) is 0 Å². The van der Waals surface area contributed by atoms with Gasteiger partial charge in [-0.25, -0.2) is 0 Å². The van der Waals surface area contributed by atoms with Crippen molar-refractivity contribution in [2.75, 3.05) is 13.1 Å². The van der Waals surface area contributed by atoms with Crippen LogP contribution in [0.3, 0.4) is 0 Å². The Kier molecular flexibility index (Phi) is 2.57. The Morgan fingerprint density at radius 2 is 2.28 bits per heavy atom. The fourth-order valence-corrected chi connectivity index (χ4v) is 2.95. The number of tetrazole rings is 1. The zero-order valence-electron chi connectivity index (χ0n) is 9.86. The standard InChI is InChI=1S/C10H13Cl2N5O/c1-9(8-13-15-16-14-8)2-3-17(5-9)7(18)6-4-10(6,11)12/h6H,2-5H2,1H3,(H,13,14,15,16). The van der Waals surface area contributed by atoms with Gasteiger partial charge in [-0.3, -0.25) is 4.79 Å². The Hall–Kier alpha value is -0.880. The van der Waals surface area contributed by atoms with E-state index in [9.17, 15) is 4.79 Å². The van der Waals surface area contributed by atoms with Gasteiger partial charge in [0.1, 0.15) is 4.33 Å². The SMILES string of the molecule is CC1(c2nn[nH]n2)CCN(C(=O)C2CC2(Cl)Cl)C1. The van der Waals surface area contributed by atoms with Crippen LogP contribution >= 0.6 is 23.2 Å². The first-order valence-corrected chi connectivity index (χ1v) is 6.58. The van der Waals surface area contributed by atoms with E-state index in [-0.39, 0.29) is 17.2 Å². The molecule has 0 bridgehead atoms. The highest BCUT2D eigenvalue weighted by molar-refractivity contribution is 6.52. The molecule has 2 aliphatic rings. The van der Waals surface area contributed by atoms with E-state index in [2.05, 4.69) is 20.6 Å². The van der Waals surface area contributed by atoms with E-state index in [4.69, 9.17) is 23.2 Å². The molecule has 0 aromatic carbocycles. The lowest BCUT2D eigenvalue weighted by molar-refractivity contribution is -0.131. The second-order valence-corrected chi connectivity index (χ2v) is 6.87. The average Bonchev–Trinajstić information content (AvgIpc) is 2.81. The molecular weight excluding hydrogens is 277 g/mol. The zero-order valence-corrected chi connectivity index (χ0v) is 11.4. The van der Waals surface area contributed by atoms with Gasteiger partial charge in [0, 0.05) is 13.1 Å². The number of carbonyl (C=O) groups is 1. The lowest BCUT2D eigenvalue weighted by Gasteiger charge is -2.21. The van der Waals surface area contributed by atoms with E-state index in [1.54, 1.807) is 4.90 Å². The number of amides is 1. The molecule has 1 aromatic rings. The summed E-state index contributed by atoms with van der Waals surface area (Å²) in [5.41, 5.74) is -0.237. The van der Waals surface area contributed by atoms with Gasteiger partial charge in [0.05, 0.1) is 11.3 Å². The van der Waals surface area contributed by atoms with Gasteiger partial charge < -0.3 is 4.90 Å². The summed E-state index contributed by atoms with van der Waals surface area (Å²) in [5.74, 6) is 0.428. The summed E-state index contributed by atoms with van der Waals surface area (Å²) in [7, 11) is 0. The van der Waals surface area contributed by atoms with Crippen molar-refractivity contribution in [2.45, 2.75) is 29.5 Å². The van der Waals surface area contributed by atoms with Crippen molar-refractivity contribution in [3.05, 3.63) is 5.82 Å². The zero-order chi connectivity index (χ0) is 13.0. The van der Waals surface area contributed by atoms with Crippen molar-refractivity contribution in [3.8, 4) is 0 Å². The second-order valence-electron chi connectivity index (χ2n) is 5.32. The normalized spacial score (nSPS) is 33.7. The summed E-state index contributed by atoms with van der Waals surface area (Å²) < 4.78 is -0.859. The van der Waals surface area contributed by atoms with Crippen molar-refractivity contribution in [3.63, 3.8) is 0 Å². The lowest BCUT2D eigenvalue weighted by Crippen LogP contribution is -2.35. The molecule has 8 heteroatoms. The second kappa shape index (κ2) is 3.81. The number of H-pyrrole nitrogens is 1. The van der Waals surface area contributed by atoms with Crippen LogP contribution in [-0.2, 0) is 10.2 Å². The van der Waals surface area contributed by atoms with Gasteiger partial charge in [0.25, 0.3) is 0 Å². The van der Waals surface area contributed by atoms with Gasteiger partial charge in [-0.05, 0) is 12.8 Å². The van der Waals surface area contributed by atoms with E-state index in [1.807, 2.05) is 6.92 Å². The minimum Gasteiger partial charge on any atom is -0.341 e. The van der Waals surface area contributed by atoms with Crippen LogP contribution in [-0.4, -0.2) is 48.9 Å². The molecule has 2 fully saturated rings. The monoisotopic (exact) mass is 289 g/mol. The predicted octanol–water partition coefficient (Wildman–Crippen LogP) is 0.883. The molecule has 1 aliphatic carbocycles. The van der Waals surface area contributed by atoms with E-state index >= 15 is 0 Å². The highest BCUT2D eigenvalue weighted by Crippen LogP contribution is 2.54. The Balaban J connectivity index is 1.71. The van der Waals surface area contributed by atoms with Gasteiger partial charge in [-0.2, -0.15) is 5.21 Å². The summed E-state index contributed by atoms with van der Waals surface area (Å²) in [6, 6.07) is 0. The van der Waals surface area contributed by atoms with Crippen molar-refractivity contribution in [1.82, 2.24) is 25.5 Å². The van der Waals surface area contributed by atoms with Gasteiger partial charge in [0.2, 0.25) is 5.91 Å². The van der Waals surface area contributed by atoms with Crippen molar-refractivity contribution in [1.29, 1.82) is 0 Å². The highest BCUT2D eigenvalue weighted by atomic mass is 35.5. The van der Waals surface area contributed by atoms with Crippen molar-refractivity contribution in [2.24, 2.45) is 5.92 Å². The molecule has 2 heterocycles. The quantitative estimate of drug-likeness (QED) is 0.821. The van der Waals surface area contributed by atoms with E-state index in [1.165, 1.54) is 0 Å². The van der Waals surface area contributed by atoms with E-state index < -0.39 is 4.33 Å². The number of nitrogens with zero attached hydrogens (tertiary/aromatic N) is 4. The minimum absolute atomic E-state index is 0.0345. The summed E-state index contributed by atoms with van der Waals surface area (Å²) >= 11 is 11.9. The number of carbonyl (C=O) groups excluding carboxylic acids is 1. The number of hydrogen-bond acceptors (Lipinski definition) is 4. The molecule has 6 nitrogen and oxygen atoms in total. The maximum absolute atomic E-state index is 12.2. The Labute approximate surface area is 114 Å². The van der Waals surface area contributed by atoms with Crippen LogP contribution in [0.5, 0.6) is 0 Å². The number of nitrogens with one attached hydrogen (secondary N) is 1. The first-order valence-electron chi connectivity index (χ1n) is 5.83. The molecule has 1 saturated heterocycles.